The van der Waals surface area contributed by atoms with E-state index in [1.807, 2.05) is 7.05 Å². The van der Waals surface area contributed by atoms with Crippen LogP contribution in [0.3, 0.4) is 0 Å². The van der Waals surface area contributed by atoms with Crippen molar-refractivity contribution in [3.8, 4) is 11.8 Å². The number of primary sulfonamides is 1. The molecule has 5 heteroatoms. The van der Waals surface area contributed by atoms with Crippen LogP contribution >= 0.6 is 0 Å². The smallest absolute Gasteiger partial charge is 0.238 e. The minimum Gasteiger partial charge on any atom is -0.319 e. The largest absolute Gasteiger partial charge is 0.319 e. The van der Waals surface area contributed by atoms with Crippen LogP contribution in [-0.2, 0) is 10.0 Å². The van der Waals surface area contributed by atoms with Crippen LogP contribution in [0.15, 0.2) is 29.2 Å². The van der Waals surface area contributed by atoms with Crippen LogP contribution in [0.4, 0.5) is 0 Å². The van der Waals surface area contributed by atoms with Gasteiger partial charge in [0.1, 0.15) is 0 Å². The number of nitrogens with one attached hydrogen (secondary N) is 1. The quantitative estimate of drug-likeness (QED) is 0.587. The van der Waals surface area contributed by atoms with E-state index in [9.17, 15) is 8.42 Å². The lowest BCUT2D eigenvalue weighted by atomic mass is 10.2. The normalized spacial score (nSPS) is 10.6. The van der Waals surface area contributed by atoms with Crippen molar-refractivity contribution >= 4 is 10.0 Å². The van der Waals surface area contributed by atoms with Crippen LogP contribution in [0, 0.1) is 11.8 Å². The van der Waals surface area contributed by atoms with Crippen molar-refractivity contribution in [3.63, 3.8) is 0 Å². The van der Waals surface area contributed by atoms with Gasteiger partial charge >= 0.3 is 0 Å². The van der Waals surface area contributed by atoms with E-state index in [-0.39, 0.29) is 4.90 Å². The van der Waals surface area contributed by atoms with Crippen LogP contribution in [0.5, 0.6) is 0 Å². The molecule has 0 spiro atoms. The van der Waals surface area contributed by atoms with Crippen molar-refractivity contribution in [2.45, 2.75) is 11.3 Å². The lowest BCUT2D eigenvalue weighted by molar-refractivity contribution is 0.598. The number of hydrogen-bond donors (Lipinski definition) is 2. The summed E-state index contributed by atoms with van der Waals surface area (Å²) in [4.78, 5) is 0.0907. The average molecular weight is 238 g/mol. The molecule has 0 aromatic heterocycles. The second-order valence-corrected chi connectivity index (χ2v) is 4.79. The van der Waals surface area contributed by atoms with Crippen LogP contribution < -0.4 is 10.5 Å². The van der Waals surface area contributed by atoms with Crippen molar-refractivity contribution in [2.24, 2.45) is 5.14 Å². The number of benzene rings is 1. The Bertz CT molecular complexity index is 512. The summed E-state index contributed by atoms with van der Waals surface area (Å²) >= 11 is 0. The first kappa shape index (κ1) is 12.7. The van der Waals surface area contributed by atoms with Crippen molar-refractivity contribution < 1.29 is 8.42 Å². The maximum absolute atomic E-state index is 11.1. The first-order valence-corrected chi connectivity index (χ1v) is 6.35. The Morgan fingerprint density at radius 1 is 1.44 bits per heavy atom. The predicted molar refractivity (Wildman–Crippen MR) is 63.2 cm³/mol. The first-order chi connectivity index (χ1) is 7.54. The average Bonchev–Trinajstić information content (AvgIpc) is 2.24. The first-order valence-electron chi connectivity index (χ1n) is 4.80. The van der Waals surface area contributed by atoms with Gasteiger partial charge in [-0.2, -0.15) is 0 Å². The fourth-order valence-electron chi connectivity index (χ4n) is 1.10. The number of rotatable bonds is 3. The lowest BCUT2D eigenvalue weighted by Crippen LogP contribution is -2.12. The molecule has 3 N–H and O–H groups in total. The standard InChI is InChI=1S/C11H14N2O2S/c1-13-8-3-2-5-10-6-4-7-11(9-10)16(12,14)15/h4,6-7,9,13H,3,8H2,1H3,(H2,12,14,15). The summed E-state index contributed by atoms with van der Waals surface area (Å²) in [6.07, 6.45) is 0.718. The molecule has 0 aliphatic rings. The molecule has 0 bridgehead atoms. The molecule has 86 valence electrons. The van der Waals surface area contributed by atoms with E-state index in [4.69, 9.17) is 5.14 Å². The van der Waals surface area contributed by atoms with E-state index in [0.717, 1.165) is 13.0 Å². The third kappa shape index (κ3) is 4.03. The molecule has 0 unspecified atom stereocenters. The Morgan fingerprint density at radius 3 is 2.81 bits per heavy atom. The van der Waals surface area contributed by atoms with Gasteiger partial charge in [0.25, 0.3) is 0 Å². The highest BCUT2D eigenvalue weighted by atomic mass is 32.2. The van der Waals surface area contributed by atoms with E-state index in [2.05, 4.69) is 17.2 Å². The van der Waals surface area contributed by atoms with Crippen LogP contribution in [0.2, 0.25) is 0 Å². The van der Waals surface area contributed by atoms with E-state index in [0.29, 0.717) is 5.56 Å². The summed E-state index contributed by atoms with van der Waals surface area (Å²) in [5.41, 5.74) is 0.655. The molecule has 0 saturated heterocycles. The fraction of sp³-hybridized carbons (Fsp3) is 0.273. The molecule has 0 heterocycles. The molecule has 0 atom stereocenters. The minimum absolute atomic E-state index is 0.0907. The Kier molecular flexibility index (Phi) is 4.50. The molecule has 0 aliphatic heterocycles. The second kappa shape index (κ2) is 5.66. The summed E-state index contributed by atoms with van der Waals surface area (Å²) < 4.78 is 22.2. The highest BCUT2D eigenvalue weighted by molar-refractivity contribution is 7.89. The summed E-state index contributed by atoms with van der Waals surface area (Å²) in [6.45, 7) is 0.807. The predicted octanol–water partition coefficient (Wildman–Crippen LogP) is 0.295. The molecular weight excluding hydrogens is 224 g/mol. The molecule has 0 fully saturated rings. The topological polar surface area (TPSA) is 72.2 Å². The molecule has 1 aromatic carbocycles. The van der Waals surface area contributed by atoms with Gasteiger partial charge in [0, 0.05) is 18.5 Å². The van der Waals surface area contributed by atoms with Gasteiger partial charge in [-0.05, 0) is 25.2 Å². The highest BCUT2D eigenvalue weighted by Crippen LogP contribution is 2.08. The maximum Gasteiger partial charge on any atom is 0.238 e. The van der Waals surface area contributed by atoms with E-state index < -0.39 is 10.0 Å². The van der Waals surface area contributed by atoms with Crippen LogP contribution in [0.25, 0.3) is 0 Å². The summed E-state index contributed by atoms with van der Waals surface area (Å²) in [5, 5.41) is 7.99. The molecule has 0 amide bonds. The number of nitrogens with two attached hydrogens (primary N) is 1. The molecule has 0 radical (unpaired) electrons. The third-order valence-electron chi connectivity index (χ3n) is 1.90. The van der Waals surface area contributed by atoms with Gasteiger partial charge in [-0.25, -0.2) is 13.6 Å². The minimum atomic E-state index is -3.64. The van der Waals surface area contributed by atoms with Crippen molar-refractivity contribution in [1.82, 2.24) is 5.32 Å². The van der Waals surface area contributed by atoms with Crippen molar-refractivity contribution in [1.29, 1.82) is 0 Å². The molecule has 1 aromatic rings. The molecule has 0 aliphatic carbocycles. The summed E-state index contributed by atoms with van der Waals surface area (Å²) in [7, 11) is -1.79. The van der Waals surface area contributed by atoms with Crippen LogP contribution in [0.1, 0.15) is 12.0 Å². The Labute approximate surface area is 95.9 Å². The van der Waals surface area contributed by atoms with Crippen LogP contribution in [-0.4, -0.2) is 22.0 Å². The Balaban J connectivity index is 2.86. The highest BCUT2D eigenvalue weighted by Gasteiger charge is 2.06. The molecule has 16 heavy (non-hydrogen) atoms. The zero-order valence-electron chi connectivity index (χ0n) is 9.03. The van der Waals surface area contributed by atoms with Gasteiger partial charge in [0.15, 0.2) is 0 Å². The molecule has 0 saturated carbocycles. The Hall–Kier alpha value is -1.35. The monoisotopic (exact) mass is 238 g/mol. The van der Waals surface area contributed by atoms with E-state index >= 15 is 0 Å². The Morgan fingerprint density at radius 2 is 2.19 bits per heavy atom. The number of hydrogen-bond acceptors (Lipinski definition) is 3. The molecule has 1 rings (SSSR count). The van der Waals surface area contributed by atoms with Crippen molar-refractivity contribution in [3.05, 3.63) is 29.8 Å². The zero-order valence-corrected chi connectivity index (χ0v) is 9.84. The van der Waals surface area contributed by atoms with E-state index in [1.165, 1.54) is 12.1 Å². The molecular formula is C11H14N2O2S. The maximum atomic E-state index is 11.1. The SMILES string of the molecule is CNCCC#Cc1cccc(S(N)(=O)=O)c1. The second-order valence-electron chi connectivity index (χ2n) is 3.23. The number of sulfonamides is 1. The van der Waals surface area contributed by atoms with Gasteiger partial charge in [0.2, 0.25) is 10.0 Å². The van der Waals surface area contributed by atoms with Gasteiger partial charge in [-0.1, -0.05) is 17.9 Å². The zero-order chi connectivity index (χ0) is 12.0. The third-order valence-corrected chi connectivity index (χ3v) is 2.81. The van der Waals surface area contributed by atoms with E-state index in [1.54, 1.807) is 12.1 Å². The van der Waals surface area contributed by atoms with Crippen molar-refractivity contribution in [2.75, 3.05) is 13.6 Å². The van der Waals surface area contributed by atoms with Gasteiger partial charge in [0.05, 0.1) is 4.90 Å². The van der Waals surface area contributed by atoms with Gasteiger partial charge < -0.3 is 5.32 Å². The van der Waals surface area contributed by atoms with Gasteiger partial charge in [-0.15, -0.1) is 0 Å². The summed E-state index contributed by atoms with van der Waals surface area (Å²) in [6, 6.07) is 6.30. The lowest BCUT2D eigenvalue weighted by Gasteiger charge is -1.97. The fourth-order valence-corrected chi connectivity index (χ4v) is 1.66. The summed E-state index contributed by atoms with van der Waals surface area (Å²) in [5.74, 6) is 5.82. The molecule has 4 nitrogen and oxygen atoms in total. The van der Waals surface area contributed by atoms with Gasteiger partial charge in [-0.3, -0.25) is 0 Å².